The van der Waals surface area contributed by atoms with E-state index in [0.717, 1.165) is 0 Å². The van der Waals surface area contributed by atoms with Crippen molar-refractivity contribution in [1.29, 1.82) is 0 Å². The quantitative estimate of drug-likeness (QED) is 0.389. The molecule has 0 saturated carbocycles. The fraction of sp³-hybridized carbons (Fsp3) is 0.778. The van der Waals surface area contributed by atoms with Gasteiger partial charge in [-0.05, 0) is 26.3 Å². The maximum absolute atomic E-state index is 10.6. The third kappa shape index (κ3) is 6.87. The second-order valence-corrected chi connectivity index (χ2v) is 3.18. The van der Waals surface area contributed by atoms with Crippen LogP contribution in [-0.4, -0.2) is 48.3 Å². The topological polar surface area (TPSA) is 98.7 Å². The fourth-order valence-corrected chi connectivity index (χ4v) is 1.15. The van der Waals surface area contributed by atoms with E-state index in [9.17, 15) is 9.59 Å². The average Bonchev–Trinajstić information content (AvgIpc) is 2.22. The molecular formula is C9H18N2O4. The first-order valence-electron chi connectivity index (χ1n) is 4.89. The number of likely N-dealkylation sites (N-methyl/N-ethyl adjacent to an activating group) is 1. The zero-order valence-electron chi connectivity index (χ0n) is 8.82. The highest BCUT2D eigenvalue weighted by Gasteiger charge is 2.13. The molecule has 0 aromatic carbocycles. The first-order chi connectivity index (χ1) is 7.11. The molecule has 15 heavy (non-hydrogen) atoms. The molecule has 0 heterocycles. The number of hydrogen-bond acceptors (Lipinski definition) is 4. The lowest BCUT2D eigenvalue weighted by Gasteiger charge is -2.10. The number of carboxylic acids is 1. The number of hydrogen-bond donors (Lipinski definition) is 4. The van der Waals surface area contributed by atoms with Crippen LogP contribution in [0.1, 0.15) is 19.3 Å². The molecule has 0 aliphatic rings. The van der Waals surface area contributed by atoms with E-state index in [1.54, 1.807) is 7.05 Å². The van der Waals surface area contributed by atoms with Crippen LogP contribution in [0.5, 0.6) is 0 Å². The van der Waals surface area contributed by atoms with E-state index in [2.05, 4.69) is 10.6 Å². The largest absolute Gasteiger partial charge is 0.480 e. The first-order valence-corrected chi connectivity index (χ1v) is 4.89. The van der Waals surface area contributed by atoms with Crippen LogP contribution in [0.3, 0.4) is 0 Å². The van der Waals surface area contributed by atoms with Crippen LogP contribution in [0.15, 0.2) is 0 Å². The van der Waals surface area contributed by atoms with Gasteiger partial charge in [-0.3, -0.25) is 9.59 Å². The molecule has 88 valence electrons. The van der Waals surface area contributed by atoms with Gasteiger partial charge in [0, 0.05) is 6.54 Å². The van der Waals surface area contributed by atoms with Crippen molar-refractivity contribution in [2.75, 3.05) is 20.2 Å². The van der Waals surface area contributed by atoms with Gasteiger partial charge >= 0.3 is 5.97 Å². The summed E-state index contributed by atoms with van der Waals surface area (Å²) in [4.78, 5) is 21.2. The summed E-state index contributed by atoms with van der Waals surface area (Å²) in [6.45, 7) is -0.0380. The van der Waals surface area contributed by atoms with Crippen LogP contribution in [0, 0.1) is 0 Å². The highest BCUT2D eigenvalue weighted by molar-refractivity contribution is 5.76. The third-order valence-corrected chi connectivity index (χ3v) is 2.03. The lowest BCUT2D eigenvalue weighted by molar-refractivity contribution is -0.139. The number of unbranched alkanes of at least 4 members (excludes halogenated alkanes) is 1. The maximum atomic E-state index is 10.6. The summed E-state index contributed by atoms with van der Waals surface area (Å²) in [6, 6.07) is -0.529. The Kier molecular flexibility index (Phi) is 7.57. The van der Waals surface area contributed by atoms with Crippen molar-refractivity contribution in [2.24, 2.45) is 0 Å². The number of carbonyl (C=O) groups is 2. The van der Waals surface area contributed by atoms with Crippen molar-refractivity contribution >= 4 is 11.9 Å². The Bertz CT molecular complexity index is 208. The van der Waals surface area contributed by atoms with Gasteiger partial charge in [-0.25, -0.2) is 0 Å². The summed E-state index contributed by atoms with van der Waals surface area (Å²) < 4.78 is 0. The lowest BCUT2D eigenvalue weighted by atomic mass is 10.1. The summed E-state index contributed by atoms with van der Waals surface area (Å²) in [5.74, 6) is -1.27. The molecule has 0 aliphatic carbocycles. The number of aliphatic carboxylic acids is 1. The molecule has 0 bridgehead atoms. The molecule has 6 heteroatoms. The molecule has 0 saturated heterocycles. The summed E-state index contributed by atoms with van der Waals surface area (Å²) in [5.41, 5.74) is 0. The number of aliphatic hydroxyl groups excluding tert-OH is 1. The van der Waals surface area contributed by atoms with Crippen molar-refractivity contribution in [1.82, 2.24) is 10.6 Å². The van der Waals surface area contributed by atoms with Crippen LogP contribution in [0.25, 0.3) is 0 Å². The van der Waals surface area contributed by atoms with E-state index >= 15 is 0 Å². The van der Waals surface area contributed by atoms with Gasteiger partial charge in [0.05, 0.1) is 0 Å². The highest BCUT2D eigenvalue weighted by Crippen LogP contribution is 2.00. The highest BCUT2D eigenvalue weighted by atomic mass is 16.4. The molecule has 4 N–H and O–H groups in total. The second-order valence-electron chi connectivity index (χ2n) is 3.18. The average molecular weight is 218 g/mol. The minimum absolute atomic E-state index is 0.404. The molecule has 0 aromatic heterocycles. The Morgan fingerprint density at radius 1 is 1.33 bits per heavy atom. The van der Waals surface area contributed by atoms with Gasteiger partial charge in [-0.1, -0.05) is 0 Å². The van der Waals surface area contributed by atoms with Gasteiger partial charge in [-0.15, -0.1) is 0 Å². The zero-order valence-corrected chi connectivity index (χ0v) is 8.82. The van der Waals surface area contributed by atoms with E-state index < -0.39 is 24.5 Å². The van der Waals surface area contributed by atoms with Crippen LogP contribution in [0.2, 0.25) is 0 Å². The fourth-order valence-electron chi connectivity index (χ4n) is 1.15. The summed E-state index contributed by atoms with van der Waals surface area (Å²) in [5, 5.41) is 22.3. The van der Waals surface area contributed by atoms with Crippen LogP contribution in [0.4, 0.5) is 0 Å². The molecule has 0 aromatic rings. The minimum atomic E-state index is -0.864. The van der Waals surface area contributed by atoms with Crippen molar-refractivity contribution in [2.45, 2.75) is 25.3 Å². The SMILES string of the molecule is CNC(CCCCNC(=O)CO)C(=O)O. The number of rotatable bonds is 8. The molecule has 0 aliphatic heterocycles. The minimum Gasteiger partial charge on any atom is -0.480 e. The van der Waals surface area contributed by atoms with Gasteiger partial charge in [0.2, 0.25) is 5.91 Å². The van der Waals surface area contributed by atoms with Crippen LogP contribution < -0.4 is 10.6 Å². The monoisotopic (exact) mass is 218 g/mol. The molecule has 1 unspecified atom stereocenters. The molecule has 1 atom stereocenters. The lowest BCUT2D eigenvalue weighted by Crippen LogP contribution is -2.34. The Hall–Kier alpha value is -1.14. The zero-order chi connectivity index (χ0) is 11.7. The third-order valence-electron chi connectivity index (χ3n) is 2.03. The first kappa shape index (κ1) is 13.9. The number of carboxylic acid groups (broad SMARTS) is 1. The van der Waals surface area contributed by atoms with Gasteiger partial charge in [0.15, 0.2) is 0 Å². The number of carbonyl (C=O) groups excluding carboxylic acids is 1. The Labute approximate surface area is 88.7 Å². The standard InChI is InChI=1S/C9H18N2O4/c1-10-7(9(14)15)4-2-3-5-11-8(13)6-12/h7,10,12H,2-6H2,1H3,(H,11,13)(H,14,15). The maximum Gasteiger partial charge on any atom is 0.320 e. The molecular weight excluding hydrogens is 200 g/mol. The van der Waals surface area contributed by atoms with E-state index in [-0.39, 0.29) is 0 Å². The van der Waals surface area contributed by atoms with Crippen molar-refractivity contribution in [3.8, 4) is 0 Å². The van der Waals surface area contributed by atoms with Gasteiger partial charge in [0.1, 0.15) is 12.6 Å². The van der Waals surface area contributed by atoms with Gasteiger partial charge < -0.3 is 20.8 Å². The van der Waals surface area contributed by atoms with Crippen LogP contribution >= 0.6 is 0 Å². The van der Waals surface area contributed by atoms with E-state index in [1.807, 2.05) is 0 Å². The molecule has 0 spiro atoms. The number of amides is 1. The number of nitrogens with one attached hydrogen (secondary N) is 2. The molecule has 0 rings (SSSR count). The predicted octanol–water partition coefficient (Wildman–Crippen LogP) is -1.06. The smallest absolute Gasteiger partial charge is 0.320 e. The van der Waals surface area contributed by atoms with Crippen LogP contribution in [-0.2, 0) is 9.59 Å². The number of aliphatic hydroxyl groups is 1. The predicted molar refractivity (Wildman–Crippen MR) is 54.4 cm³/mol. The summed E-state index contributed by atoms with van der Waals surface area (Å²) >= 11 is 0. The van der Waals surface area contributed by atoms with E-state index in [1.165, 1.54) is 0 Å². The normalized spacial score (nSPS) is 12.1. The second kappa shape index (κ2) is 8.19. The van der Waals surface area contributed by atoms with Gasteiger partial charge in [0.25, 0.3) is 0 Å². The van der Waals surface area contributed by atoms with E-state index in [4.69, 9.17) is 10.2 Å². The molecule has 0 fully saturated rings. The van der Waals surface area contributed by atoms with E-state index in [0.29, 0.717) is 25.8 Å². The van der Waals surface area contributed by atoms with Crippen molar-refractivity contribution in [3.05, 3.63) is 0 Å². The molecule has 6 nitrogen and oxygen atoms in total. The summed E-state index contributed by atoms with van der Waals surface area (Å²) in [6.07, 6.45) is 1.95. The van der Waals surface area contributed by atoms with Crippen molar-refractivity contribution < 1.29 is 19.8 Å². The molecule has 0 radical (unpaired) electrons. The van der Waals surface area contributed by atoms with Gasteiger partial charge in [-0.2, -0.15) is 0 Å². The molecule has 1 amide bonds. The Morgan fingerprint density at radius 2 is 2.00 bits per heavy atom. The summed E-state index contributed by atoms with van der Waals surface area (Å²) in [7, 11) is 1.60. The van der Waals surface area contributed by atoms with Crippen molar-refractivity contribution in [3.63, 3.8) is 0 Å². The Balaban J connectivity index is 3.45. The Morgan fingerprint density at radius 3 is 2.47 bits per heavy atom.